The van der Waals surface area contributed by atoms with Gasteiger partial charge in [-0.1, -0.05) is 17.8 Å². The van der Waals surface area contributed by atoms with Gasteiger partial charge in [0.05, 0.1) is 21.3 Å². The van der Waals surface area contributed by atoms with Crippen LogP contribution in [0.2, 0.25) is 0 Å². The van der Waals surface area contributed by atoms with E-state index in [2.05, 4.69) is 33.3 Å². The predicted octanol–water partition coefficient (Wildman–Crippen LogP) is 3.50. The van der Waals surface area contributed by atoms with Gasteiger partial charge in [-0.2, -0.15) is 0 Å². The molecule has 0 aliphatic carbocycles. The van der Waals surface area contributed by atoms with E-state index < -0.39 is 0 Å². The van der Waals surface area contributed by atoms with Gasteiger partial charge in [-0.25, -0.2) is 0 Å². The Morgan fingerprint density at radius 3 is 2.52 bits per heavy atom. The van der Waals surface area contributed by atoms with Crippen LogP contribution >= 0.6 is 11.8 Å². The van der Waals surface area contributed by atoms with Crippen LogP contribution in [-0.2, 0) is 13.6 Å². The Balaban J connectivity index is 1.73. The zero-order chi connectivity index (χ0) is 20.8. The summed E-state index contributed by atoms with van der Waals surface area (Å²) in [6.45, 7) is 6.61. The second-order valence-corrected chi connectivity index (χ2v) is 8.09. The van der Waals surface area contributed by atoms with Crippen molar-refractivity contribution in [3.63, 3.8) is 0 Å². The van der Waals surface area contributed by atoms with Crippen molar-refractivity contribution in [2.75, 3.05) is 40.2 Å². The third kappa shape index (κ3) is 4.87. The van der Waals surface area contributed by atoms with E-state index in [0.29, 0.717) is 23.2 Å². The lowest BCUT2D eigenvalue weighted by Crippen LogP contribution is -2.34. The second kappa shape index (κ2) is 10.0. The van der Waals surface area contributed by atoms with Gasteiger partial charge in [-0.05, 0) is 37.1 Å². The van der Waals surface area contributed by atoms with Crippen molar-refractivity contribution < 1.29 is 14.2 Å². The van der Waals surface area contributed by atoms with E-state index in [-0.39, 0.29) is 0 Å². The highest BCUT2D eigenvalue weighted by molar-refractivity contribution is 7.99. The van der Waals surface area contributed by atoms with Gasteiger partial charge in [0.1, 0.15) is 5.82 Å². The molecule has 1 unspecified atom stereocenters. The SMILES string of the molecule is C=CCSc1nnc(C2CCCN(Cc3cc(OC)c(OC)c(OC)c3)C2)n1C. The molecule has 2 heterocycles. The number of likely N-dealkylation sites (tertiary alicyclic amines) is 1. The largest absolute Gasteiger partial charge is 0.493 e. The first-order valence-electron chi connectivity index (χ1n) is 9.75. The molecule has 1 aromatic carbocycles. The Morgan fingerprint density at radius 2 is 1.90 bits per heavy atom. The van der Waals surface area contributed by atoms with Crippen molar-refractivity contribution in [1.82, 2.24) is 19.7 Å². The molecule has 2 aromatic rings. The number of ether oxygens (including phenoxy) is 3. The molecule has 8 heteroatoms. The zero-order valence-electron chi connectivity index (χ0n) is 17.7. The van der Waals surface area contributed by atoms with E-state index in [1.807, 2.05) is 18.2 Å². The van der Waals surface area contributed by atoms with Crippen LogP contribution < -0.4 is 14.2 Å². The second-order valence-electron chi connectivity index (χ2n) is 7.11. The Hall–Kier alpha value is -2.19. The molecule has 0 radical (unpaired) electrons. The number of nitrogens with zero attached hydrogens (tertiary/aromatic N) is 4. The Bertz CT molecular complexity index is 814. The van der Waals surface area contributed by atoms with Crippen molar-refractivity contribution in [3.8, 4) is 17.2 Å². The maximum atomic E-state index is 5.50. The van der Waals surface area contributed by atoms with Crippen LogP contribution in [0.4, 0.5) is 0 Å². The average Bonchev–Trinajstić information content (AvgIpc) is 3.11. The fraction of sp³-hybridized carbons (Fsp3) is 0.524. The first-order chi connectivity index (χ1) is 14.1. The molecular weight excluding hydrogens is 388 g/mol. The van der Waals surface area contributed by atoms with Gasteiger partial charge in [0.15, 0.2) is 16.7 Å². The lowest BCUT2D eigenvalue weighted by Gasteiger charge is -2.32. The van der Waals surface area contributed by atoms with Crippen molar-refractivity contribution >= 4 is 11.8 Å². The van der Waals surface area contributed by atoms with E-state index in [1.54, 1.807) is 33.1 Å². The molecule has 1 aliphatic heterocycles. The van der Waals surface area contributed by atoms with Crippen LogP contribution in [0.3, 0.4) is 0 Å². The summed E-state index contributed by atoms with van der Waals surface area (Å²) in [6.07, 6.45) is 4.15. The molecule has 158 valence electrons. The number of piperidine rings is 1. The Labute approximate surface area is 177 Å². The molecule has 7 nitrogen and oxygen atoms in total. The van der Waals surface area contributed by atoms with Crippen LogP contribution in [0.1, 0.15) is 30.1 Å². The highest BCUT2D eigenvalue weighted by Gasteiger charge is 2.26. The fourth-order valence-electron chi connectivity index (χ4n) is 3.84. The summed E-state index contributed by atoms with van der Waals surface area (Å²) in [5, 5.41) is 9.80. The highest BCUT2D eigenvalue weighted by Crippen LogP contribution is 2.39. The first kappa shape index (κ1) is 21.5. The molecule has 1 saturated heterocycles. The van der Waals surface area contributed by atoms with Crippen LogP contribution in [0.15, 0.2) is 29.9 Å². The molecule has 1 fully saturated rings. The molecule has 1 aliphatic rings. The van der Waals surface area contributed by atoms with Gasteiger partial charge in [0.2, 0.25) is 5.75 Å². The van der Waals surface area contributed by atoms with Gasteiger partial charge in [0, 0.05) is 31.8 Å². The Morgan fingerprint density at radius 1 is 1.17 bits per heavy atom. The van der Waals surface area contributed by atoms with Crippen LogP contribution in [0, 0.1) is 0 Å². The van der Waals surface area contributed by atoms with E-state index >= 15 is 0 Å². The summed E-state index contributed by atoms with van der Waals surface area (Å²) in [6, 6.07) is 4.05. The average molecular weight is 419 g/mol. The van der Waals surface area contributed by atoms with E-state index in [1.165, 1.54) is 0 Å². The third-order valence-electron chi connectivity index (χ3n) is 5.20. The maximum absolute atomic E-state index is 5.50. The minimum Gasteiger partial charge on any atom is -0.493 e. The number of methoxy groups -OCH3 is 3. The summed E-state index contributed by atoms with van der Waals surface area (Å²) in [5.41, 5.74) is 1.14. The first-order valence-corrected chi connectivity index (χ1v) is 10.7. The van der Waals surface area contributed by atoms with Crippen LogP contribution in [-0.4, -0.2) is 59.8 Å². The highest BCUT2D eigenvalue weighted by atomic mass is 32.2. The van der Waals surface area contributed by atoms with E-state index in [4.69, 9.17) is 14.2 Å². The molecule has 0 saturated carbocycles. The predicted molar refractivity (Wildman–Crippen MR) is 115 cm³/mol. The Kier molecular flexibility index (Phi) is 7.44. The van der Waals surface area contributed by atoms with Crippen molar-refractivity contribution in [2.24, 2.45) is 7.05 Å². The van der Waals surface area contributed by atoms with E-state index in [0.717, 1.165) is 54.8 Å². The molecule has 29 heavy (non-hydrogen) atoms. The topological polar surface area (TPSA) is 61.6 Å². The molecule has 1 aromatic heterocycles. The molecule has 0 bridgehead atoms. The molecule has 3 rings (SSSR count). The fourth-order valence-corrected chi connectivity index (χ4v) is 4.49. The lowest BCUT2D eigenvalue weighted by molar-refractivity contribution is 0.194. The molecule has 1 atom stereocenters. The van der Waals surface area contributed by atoms with Crippen molar-refractivity contribution in [1.29, 1.82) is 0 Å². The number of rotatable bonds is 9. The summed E-state index contributed by atoms with van der Waals surface area (Å²) < 4.78 is 18.5. The van der Waals surface area contributed by atoms with Gasteiger partial charge in [0.25, 0.3) is 0 Å². The minimum absolute atomic E-state index is 0.376. The number of hydrogen-bond acceptors (Lipinski definition) is 7. The van der Waals surface area contributed by atoms with E-state index in [9.17, 15) is 0 Å². The quantitative estimate of drug-likeness (QED) is 0.456. The zero-order valence-corrected chi connectivity index (χ0v) is 18.5. The van der Waals surface area contributed by atoms with Crippen molar-refractivity contribution in [3.05, 3.63) is 36.2 Å². The number of thioether (sulfide) groups is 1. The molecular formula is C21H30N4O3S. The summed E-state index contributed by atoms with van der Waals surface area (Å²) in [7, 11) is 6.97. The number of aromatic nitrogens is 3. The minimum atomic E-state index is 0.376. The summed E-state index contributed by atoms with van der Waals surface area (Å²) >= 11 is 1.66. The van der Waals surface area contributed by atoms with Crippen molar-refractivity contribution in [2.45, 2.75) is 30.5 Å². The monoisotopic (exact) mass is 418 g/mol. The van der Waals surface area contributed by atoms with Gasteiger partial charge >= 0.3 is 0 Å². The van der Waals surface area contributed by atoms with Gasteiger partial charge in [-0.3, -0.25) is 4.90 Å². The van der Waals surface area contributed by atoms with Crippen LogP contribution in [0.25, 0.3) is 0 Å². The third-order valence-corrected chi connectivity index (χ3v) is 6.22. The van der Waals surface area contributed by atoms with Gasteiger partial charge < -0.3 is 18.8 Å². The molecule has 0 N–H and O–H groups in total. The maximum Gasteiger partial charge on any atom is 0.203 e. The van der Waals surface area contributed by atoms with Crippen LogP contribution in [0.5, 0.6) is 17.2 Å². The summed E-state index contributed by atoms with van der Waals surface area (Å²) in [5.74, 6) is 4.27. The standard InChI is InChI=1S/C21H30N4O3S/c1-6-10-29-21-23-22-20(24(21)2)16-8-7-9-25(14-16)13-15-11-17(26-3)19(28-5)18(12-15)27-4/h6,11-12,16H,1,7-10,13-14H2,2-5H3. The molecule has 0 amide bonds. The number of hydrogen-bond donors (Lipinski definition) is 0. The van der Waals surface area contributed by atoms with Gasteiger partial charge in [-0.15, -0.1) is 16.8 Å². The summed E-state index contributed by atoms with van der Waals surface area (Å²) in [4.78, 5) is 2.46. The normalized spacial score (nSPS) is 17.2. The lowest BCUT2D eigenvalue weighted by atomic mass is 9.96. The smallest absolute Gasteiger partial charge is 0.203 e. The molecule has 0 spiro atoms. The number of benzene rings is 1.